The Morgan fingerprint density at radius 3 is 2.50 bits per heavy atom. The quantitative estimate of drug-likeness (QED) is 0.879. The molecule has 1 aromatic rings. The van der Waals surface area contributed by atoms with Crippen LogP contribution in [0.15, 0.2) is 18.2 Å². The number of hydrogen-bond acceptors (Lipinski definition) is 3. The number of carbonyl (C=O) groups is 1. The van der Waals surface area contributed by atoms with Gasteiger partial charge in [0, 0.05) is 22.2 Å². The van der Waals surface area contributed by atoms with E-state index in [1.807, 2.05) is 6.26 Å². The van der Waals surface area contributed by atoms with Crippen LogP contribution in [-0.4, -0.2) is 29.1 Å². The molecule has 3 nitrogen and oxygen atoms in total. The highest BCUT2D eigenvalue weighted by Gasteiger charge is 2.17. The summed E-state index contributed by atoms with van der Waals surface area (Å²) >= 11 is 13.4. The normalized spacial score (nSPS) is 14.1. The molecule has 0 aliphatic rings. The molecule has 0 saturated heterocycles. The number of carbonyl (C=O) groups excluding carboxylic acids is 1. The summed E-state index contributed by atoms with van der Waals surface area (Å²) in [7, 11) is 0. The van der Waals surface area contributed by atoms with E-state index < -0.39 is 6.10 Å². The van der Waals surface area contributed by atoms with Crippen LogP contribution >= 0.6 is 35.0 Å². The minimum atomic E-state index is -0.913. The van der Waals surface area contributed by atoms with Gasteiger partial charge in [0.15, 0.2) is 0 Å². The lowest BCUT2D eigenvalue weighted by Gasteiger charge is -2.16. The average Bonchev–Trinajstić information content (AvgIpc) is 2.34. The van der Waals surface area contributed by atoms with Gasteiger partial charge < -0.3 is 10.4 Å². The second-order valence-electron chi connectivity index (χ2n) is 3.77. The van der Waals surface area contributed by atoms with Crippen LogP contribution in [0, 0.1) is 0 Å². The summed E-state index contributed by atoms with van der Waals surface area (Å²) in [5, 5.41) is 13.3. The fourth-order valence-electron chi connectivity index (χ4n) is 1.38. The molecule has 0 radical (unpaired) electrons. The predicted molar refractivity (Wildman–Crippen MR) is 77.4 cm³/mol. The summed E-state index contributed by atoms with van der Waals surface area (Å²) in [5.41, 5.74) is 0.443. The van der Waals surface area contributed by atoms with Crippen LogP contribution in [-0.2, 0) is 4.79 Å². The molecule has 0 aliphatic carbocycles. The minimum Gasteiger partial charge on any atom is -0.386 e. The Bertz CT molecular complexity index is 408. The zero-order valence-electron chi connectivity index (χ0n) is 10.1. The van der Waals surface area contributed by atoms with Gasteiger partial charge in [0.25, 0.3) is 0 Å². The third kappa shape index (κ3) is 4.05. The number of rotatable bonds is 5. The summed E-state index contributed by atoms with van der Waals surface area (Å²) in [6, 6.07) is 5.01. The summed E-state index contributed by atoms with van der Waals surface area (Å²) < 4.78 is 0. The van der Waals surface area contributed by atoms with Crippen LogP contribution in [0.2, 0.25) is 10.0 Å². The van der Waals surface area contributed by atoms with Crippen molar-refractivity contribution >= 4 is 40.9 Å². The lowest BCUT2D eigenvalue weighted by molar-refractivity contribution is -0.120. The zero-order valence-corrected chi connectivity index (χ0v) is 12.4. The summed E-state index contributed by atoms with van der Waals surface area (Å²) in [5.74, 6) is -0.121. The largest absolute Gasteiger partial charge is 0.386 e. The van der Waals surface area contributed by atoms with Gasteiger partial charge in [-0.1, -0.05) is 29.3 Å². The fourth-order valence-corrected chi connectivity index (χ4v) is 2.33. The first-order valence-electron chi connectivity index (χ1n) is 5.39. The van der Waals surface area contributed by atoms with Crippen LogP contribution in [0.25, 0.3) is 0 Å². The number of halogens is 2. The number of nitrogens with one attached hydrogen (secondary N) is 1. The third-order valence-electron chi connectivity index (χ3n) is 2.53. The second-order valence-corrected chi connectivity index (χ2v) is 5.77. The van der Waals surface area contributed by atoms with Crippen molar-refractivity contribution in [3.05, 3.63) is 33.8 Å². The van der Waals surface area contributed by atoms with E-state index in [0.717, 1.165) is 0 Å². The molecule has 1 aromatic carbocycles. The monoisotopic (exact) mass is 307 g/mol. The molecule has 0 fully saturated rings. The molecule has 1 amide bonds. The van der Waals surface area contributed by atoms with Crippen molar-refractivity contribution in [3.63, 3.8) is 0 Å². The smallest absolute Gasteiger partial charge is 0.232 e. The molecule has 0 saturated carbocycles. The molecule has 0 spiro atoms. The molecule has 100 valence electrons. The van der Waals surface area contributed by atoms with Gasteiger partial charge in [-0.2, -0.15) is 11.8 Å². The maximum absolute atomic E-state index is 11.6. The molecular formula is C12H15Cl2NO2S. The van der Waals surface area contributed by atoms with Gasteiger partial charge in [0.2, 0.25) is 5.91 Å². The van der Waals surface area contributed by atoms with E-state index >= 15 is 0 Å². The van der Waals surface area contributed by atoms with Crippen molar-refractivity contribution in [2.45, 2.75) is 18.3 Å². The number of aliphatic hydroxyl groups is 1. The molecule has 0 heterocycles. The van der Waals surface area contributed by atoms with Gasteiger partial charge in [0.05, 0.1) is 11.4 Å². The third-order valence-corrected chi connectivity index (χ3v) is 4.11. The zero-order chi connectivity index (χ0) is 13.7. The maximum atomic E-state index is 11.6. The first-order valence-corrected chi connectivity index (χ1v) is 7.44. The van der Waals surface area contributed by atoms with Crippen LogP contribution in [0.5, 0.6) is 0 Å². The highest BCUT2D eigenvalue weighted by Crippen LogP contribution is 2.29. The van der Waals surface area contributed by atoms with Crippen LogP contribution < -0.4 is 5.32 Å². The first-order chi connectivity index (χ1) is 8.47. The van der Waals surface area contributed by atoms with E-state index in [1.54, 1.807) is 25.1 Å². The van der Waals surface area contributed by atoms with Crippen molar-refractivity contribution in [3.8, 4) is 0 Å². The molecule has 18 heavy (non-hydrogen) atoms. The lowest BCUT2D eigenvalue weighted by Crippen LogP contribution is -2.34. The van der Waals surface area contributed by atoms with E-state index in [1.165, 1.54) is 11.8 Å². The minimum absolute atomic E-state index is 0.0905. The number of amides is 1. The highest BCUT2D eigenvalue weighted by molar-refractivity contribution is 7.99. The lowest BCUT2D eigenvalue weighted by atomic mass is 10.1. The molecule has 1 rings (SSSR count). The van der Waals surface area contributed by atoms with Gasteiger partial charge in [-0.15, -0.1) is 0 Å². The Morgan fingerprint density at radius 2 is 2.00 bits per heavy atom. The van der Waals surface area contributed by atoms with Crippen LogP contribution in [0.1, 0.15) is 18.6 Å². The fraction of sp³-hybridized carbons (Fsp3) is 0.417. The number of aliphatic hydroxyl groups excluding tert-OH is 1. The van der Waals surface area contributed by atoms with Gasteiger partial charge in [-0.3, -0.25) is 4.79 Å². The first kappa shape index (κ1) is 15.6. The molecule has 0 bridgehead atoms. The van der Waals surface area contributed by atoms with E-state index in [2.05, 4.69) is 5.32 Å². The predicted octanol–water partition coefficient (Wildman–Crippen LogP) is 2.89. The summed E-state index contributed by atoms with van der Waals surface area (Å²) in [4.78, 5) is 11.6. The van der Waals surface area contributed by atoms with Crippen molar-refractivity contribution in [2.24, 2.45) is 0 Å². The second kappa shape index (κ2) is 7.24. The molecule has 2 atom stereocenters. The topological polar surface area (TPSA) is 49.3 Å². The van der Waals surface area contributed by atoms with Crippen LogP contribution in [0.4, 0.5) is 0 Å². The molecule has 2 N–H and O–H groups in total. The van der Waals surface area contributed by atoms with Gasteiger partial charge in [-0.25, -0.2) is 0 Å². The summed E-state index contributed by atoms with van der Waals surface area (Å²) in [6.07, 6.45) is 0.940. The Labute approximate surface area is 121 Å². The van der Waals surface area contributed by atoms with Gasteiger partial charge >= 0.3 is 0 Å². The van der Waals surface area contributed by atoms with Crippen molar-refractivity contribution < 1.29 is 9.90 Å². The van der Waals surface area contributed by atoms with Crippen molar-refractivity contribution in [2.75, 3.05) is 12.8 Å². The molecule has 0 aliphatic heterocycles. The van der Waals surface area contributed by atoms with Crippen LogP contribution in [0.3, 0.4) is 0 Å². The Balaban J connectivity index is 2.66. The van der Waals surface area contributed by atoms with Crippen molar-refractivity contribution in [1.82, 2.24) is 5.32 Å². The molecule has 6 heteroatoms. The van der Waals surface area contributed by atoms with E-state index in [4.69, 9.17) is 23.2 Å². The molecular weight excluding hydrogens is 293 g/mol. The maximum Gasteiger partial charge on any atom is 0.232 e. The SMILES string of the molecule is CS[C@H](C)C(=O)NC[C@H](O)c1c(Cl)cccc1Cl. The number of thioether (sulfide) groups is 1. The van der Waals surface area contributed by atoms with E-state index in [9.17, 15) is 9.90 Å². The van der Waals surface area contributed by atoms with Gasteiger partial charge in [-0.05, 0) is 25.3 Å². The van der Waals surface area contributed by atoms with E-state index in [-0.39, 0.29) is 17.7 Å². The summed E-state index contributed by atoms with van der Waals surface area (Å²) in [6.45, 7) is 1.89. The van der Waals surface area contributed by atoms with E-state index in [0.29, 0.717) is 15.6 Å². The highest BCUT2D eigenvalue weighted by atomic mass is 35.5. The molecule has 0 unspecified atom stereocenters. The number of benzene rings is 1. The van der Waals surface area contributed by atoms with Gasteiger partial charge in [0.1, 0.15) is 0 Å². The Hall–Kier alpha value is -0.420. The molecule has 0 aromatic heterocycles. The Morgan fingerprint density at radius 1 is 1.44 bits per heavy atom. The standard InChI is InChI=1S/C12H15Cl2NO2S/c1-7(18-2)12(17)15-6-10(16)11-8(13)4-3-5-9(11)14/h3-5,7,10,16H,6H2,1-2H3,(H,15,17)/t7-,10+/m1/s1. The Kier molecular flexibility index (Phi) is 6.29. The average molecular weight is 308 g/mol. The number of hydrogen-bond donors (Lipinski definition) is 2. The van der Waals surface area contributed by atoms with Crippen molar-refractivity contribution in [1.29, 1.82) is 0 Å².